The first kappa shape index (κ1) is 10.9. The predicted octanol–water partition coefficient (Wildman–Crippen LogP) is 1.35. The van der Waals surface area contributed by atoms with Crippen LogP contribution < -0.4 is 0 Å². The number of hydrogen-bond acceptors (Lipinski definition) is 3. The summed E-state index contributed by atoms with van der Waals surface area (Å²) >= 11 is 1.60. The third-order valence-electron chi connectivity index (χ3n) is 2.60. The van der Waals surface area contributed by atoms with E-state index in [2.05, 4.69) is 0 Å². The molecule has 0 aromatic heterocycles. The number of hydrogen-bond donors (Lipinski definition) is 2. The van der Waals surface area contributed by atoms with E-state index in [-0.39, 0.29) is 22.5 Å². The summed E-state index contributed by atoms with van der Waals surface area (Å²) in [5.41, 5.74) is 0. The number of aliphatic carboxylic acids is 1. The Morgan fingerprint density at radius 1 is 1.46 bits per heavy atom. The lowest BCUT2D eigenvalue weighted by atomic mass is 9.85. The van der Waals surface area contributed by atoms with Crippen LogP contribution >= 0.6 is 11.8 Å². The van der Waals surface area contributed by atoms with Crippen molar-refractivity contribution in [3.63, 3.8) is 0 Å². The van der Waals surface area contributed by atoms with Crippen molar-refractivity contribution in [3.05, 3.63) is 0 Å². The lowest BCUT2D eigenvalue weighted by molar-refractivity contribution is -0.144. The van der Waals surface area contributed by atoms with Gasteiger partial charge >= 0.3 is 5.97 Å². The standard InChI is InChI=1S/C9H16O3S/c1-5(10)6(2)13-8-4-3-7(8)9(11)12/h5-8,10H,3-4H2,1-2H3,(H,11,12). The van der Waals surface area contributed by atoms with Crippen LogP contribution in [-0.2, 0) is 4.79 Å². The molecule has 0 radical (unpaired) electrons. The fourth-order valence-electron chi connectivity index (χ4n) is 1.30. The second kappa shape index (κ2) is 4.33. The molecule has 3 nitrogen and oxygen atoms in total. The SMILES string of the molecule is CC(O)C(C)SC1CCC1C(=O)O. The van der Waals surface area contributed by atoms with Crippen molar-refractivity contribution in [3.8, 4) is 0 Å². The average Bonchev–Trinajstić information content (AvgIpc) is 1.95. The molecule has 0 amide bonds. The largest absolute Gasteiger partial charge is 0.481 e. The Morgan fingerprint density at radius 3 is 2.38 bits per heavy atom. The maximum Gasteiger partial charge on any atom is 0.307 e. The Labute approximate surface area is 82.5 Å². The summed E-state index contributed by atoms with van der Waals surface area (Å²) in [5.74, 6) is -0.882. The van der Waals surface area contributed by atoms with E-state index >= 15 is 0 Å². The Bertz CT molecular complexity index is 193. The van der Waals surface area contributed by atoms with Gasteiger partial charge < -0.3 is 10.2 Å². The molecular weight excluding hydrogens is 188 g/mol. The monoisotopic (exact) mass is 204 g/mol. The van der Waals surface area contributed by atoms with Crippen molar-refractivity contribution in [2.75, 3.05) is 0 Å². The van der Waals surface area contributed by atoms with Crippen LogP contribution in [-0.4, -0.2) is 32.8 Å². The molecule has 1 rings (SSSR count). The van der Waals surface area contributed by atoms with Gasteiger partial charge in [-0.15, -0.1) is 0 Å². The van der Waals surface area contributed by atoms with Crippen LogP contribution in [0.15, 0.2) is 0 Å². The summed E-state index contributed by atoms with van der Waals surface area (Å²) in [7, 11) is 0. The molecule has 0 aromatic carbocycles. The second-order valence-corrected chi connectivity index (χ2v) is 5.26. The summed E-state index contributed by atoms with van der Waals surface area (Å²) in [6, 6.07) is 0. The maximum absolute atomic E-state index is 10.7. The average molecular weight is 204 g/mol. The molecule has 0 heterocycles. The fraction of sp³-hybridized carbons (Fsp3) is 0.889. The zero-order valence-corrected chi connectivity index (χ0v) is 8.75. The zero-order chi connectivity index (χ0) is 10.0. The van der Waals surface area contributed by atoms with Gasteiger partial charge in [-0.25, -0.2) is 0 Å². The van der Waals surface area contributed by atoms with E-state index in [0.29, 0.717) is 0 Å². The molecule has 4 heteroatoms. The number of aliphatic hydroxyl groups is 1. The smallest absolute Gasteiger partial charge is 0.307 e. The number of carboxylic acids is 1. The zero-order valence-electron chi connectivity index (χ0n) is 7.93. The maximum atomic E-state index is 10.7. The molecule has 1 saturated carbocycles. The third kappa shape index (κ3) is 2.61. The molecule has 1 aliphatic carbocycles. The van der Waals surface area contributed by atoms with Gasteiger partial charge in [0.25, 0.3) is 0 Å². The summed E-state index contributed by atoms with van der Waals surface area (Å²) in [4.78, 5) is 10.7. The second-order valence-electron chi connectivity index (χ2n) is 3.64. The van der Waals surface area contributed by atoms with Crippen LogP contribution in [0.2, 0.25) is 0 Å². The van der Waals surface area contributed by atoms with Crippen LogP contribution in [0.25, 0.3) is 0 Å². The number of aliphatic hydroxyl groups excluding tert-OH is 1. The summed E-state index contributed by atoms with van der Waals surface area (Å²) < 4.78 is 0. The van der Waals surface area contributed by atoms with Crippen molar-refractivity contribution in [2.24, 2.45) is 5.92 Å². The Hall–Kier alpha value is -0.220. The molecule has 0 saturated heterocycles. The molecule has 0 bridgehead atoms. The van der Waals surface area contributed by atoms with Crippen LogP contribution in [0, 0.1) is 5.92 Å². The van der Waals surface area contributed by atoms with Gasteiger partial charge in [-0.1, -0.05) is 6.92 Å². The molecule has 4 unspecified atom stereocenters. The van der Waals surface area contributed by atoms with Gasteiger partial charge in [0.1, 0.15) is 0 Å². The number of rotatable bonds is 4. The van der Waals surface area contributed by atoms with E-state index in [1.807, 2.05) is 6.92 Å². The van der Waals surface area contributed by atoms with Crippen LogP contribution in [0.1, 0.15) is 26.7 Å². The molecule has 2 N–H and O–H groups in total. The van der Waals surface area contributed by atoms with Gasteiger partial charge in [0.15, 0.2) is 0 Å². The van der Waals surface area contributed by atoms with Gasteiger partial charge in [0, 0.05) is 10.5 Å². The summed E-state index contributed by atoms with van der Waals surface area (Å²) in [5, 5.41) is 18.4. The molecule has 0 aliphatic heterocycles. The van der Waals surface area contributed by atoms with Crippen molar-refractivity contribution >= 4 is 17.7 Å². The molecule has 76 valence electrons. The lowest BCUT2D eigenvalue weighted by Gasteiger charge is -2.35. The van der Waals surface area contributed by atoms with Gasteiger partial charge in [0.2, 0.25) is 0 Å². The van der Waals surface area contributed by atoms with Crippen molar-refractivity contribution in [1.82, 2.24) is 0 Å². The van der Waals surface area contributed by atoms with Crippen LogP contribution in [0.3, 0.4) is 0 Å². The number of thioether (sulfide) groups is 1. The highest BCUT2D eigenvalue weighted by molar-refractivity contribution is 8.00. The van der Waals surface area contributed by atoms with Gasteiger partial charge in [-0.3, -0.25) is 4.79 Å². The Balaban J connectivity index is 2.34. The highest BCUT2D eigenvalue weighted by atomic mass is 32.2. The topological polar surface area (TPSA) is 57.5 Å². The Morgan fingerprint density at radius 2 is 2.08 bits per heavy atom. The molecule has 0 aromatic rings. The minimum atomic E-state index is -0.693. The van der Waals surface area contributed by atoms with Crippen molar-refractivity contribution in [2.45, 2.75) is 43.3 Å². The quantitative estimate of drug-likeness (QED) is 0.726. The third-order valence-corrected chi connectivity index (χ3v) is 4.33. The van der Waals surface area contributed by atoms with E-state index in [1.54, 1.807) is 18.7 Å². The van der Waals surface area contributed by atoms with E-state index in [9.17, 15) is 9.90 Å². The predicted molar refractivity (Wildman–Crippen MR) is 52.9 cm³/mol. The van der Waals surface area contributed by atoms with Gasteiger partial charge in [0.05, 0.1) is 12.0 Å². The van der Waals surface area contributed by atoms with E-state index in [1.165, 1.54) is 0 Å². The van der Waals surface area contributed by atoms with Crippen LogP contribution in [0.4, 0.5) is 0 Å². The summed E-state index contributed by atoms with van der Waals surface area (Å²) in [6.45, 7) is 3.68. The lowest BCUT2D eigenvalue weighted by Crippen LogP contribution is -2.37. The molecular formula is C9H16O3S. The molecule has 1 fully saturated rings. The molecule has 0 spiro atoms. The first-order valence-corrected chi connectivity index (χ1v) is 5.53. The number of carboxylic acid groups (broad SMARTS) is 1. The van der Waals surface area contributed by atoms with Crippen LogP contribution in [0.5, 0.6) is 0 Å². The van der Waals surface area contributed by atoms with Crippen molar-refractivity contribution < 1.29 is 15.0 Å². The van der Waals surface area contributed by atoms with Gasteiger partial charge in [-0.05, 0) is 19.8 Å². The van der Waals surface area contributed by atoms with E-state index in [0.717, 1.165) is 12.8 Å². The normalized spacial score (nSPS) is 31.9. The van der Waals surface area contributed by atoms with E-state index < -0.39 is 5.97 Å². The highest BCUT2D eigenvalue weighted by Crippen LogP contribution is 2.40. The first-order valence-electron chi connectivity index (χ1n) is 4.58. The minimum absolute atomic E-state index is 0.132. The first-order chi connectivity index (χ1) is 6.02. The molecule has 13 heavy (non-hydrogen) atoms. The van der Waals surface area contributed by atoms with Crippen molar-refractivity contribution in [1.29, 1.82) is 0 Å². The summed E-state index contributed by atoms with van der Waals surface area (Å²) in [6.07, 6.45) is 1.40. The Kier molecular flexibility index (Phi) is 3.62. The molecule has 4 atom stereocenters. The number of carbonyl (C=O) groups is 1. The van der Waals surface area contributed by atoms with Gasteiger partial charge in [-0.2, -0.15) is 11.8 Å². The highest BCUT2D eigenvalue weighted by Gasteiger charge is 2.38. The molecule has 1 aliphatic rings. The van der Waals surface area contributed by atoms with E-state index in [4.69, 9.17) is 5.11 Å². The minimum Gasteiger partial charge on any atom is -0.481 e. The fourth-order valence-corrected chi connectivity index (χ4v) is 2.80.